The summed E-state index contributed by atoms with van der Waals surface area (Å²) < 4.78 is 0. The van der Waals surface area contributed by atoms with Gasteiger partial charge in [-0.15, -0.1) is 0 Å². The first-order valence-electron chi connectivity index (χ1n) is 10.5. The molecule has 0 aromatic carbocycles. The van der Waals surface area contributed by atoms with E-state index >= 15 is 0 Å². The van der Waals surface area contributed by atoms with E-state index < -0.39 is 0 Å². The van der Waals surface area contributed by atoms with Gasteiger partial charge in [0.1, 0.15) is 0 Å². The van der Waals surface area contributed by atoms with Crippen LogP contribution in [0.4, 0.5) is 0 Å². The zero-order valence-corrected chi connectivity index (χ0v) is 17.1. The van der Waals surface area contributed by atoms with E-state index in [-0.39, 0.29) is 6.61 Å². The van der Waals surface area contributed by atoms with Gasteiger partial charge in [-0.3, -0.25) is 4.99 Å². The third kappa shape index (κ3) is 10.0. The summed E-state index contributed by atoms with van der Waals surface area (Å²) in [5.74, 6) is 2.06. The average molecular weight is 355 g/mol. The van der Waals surface area contributed by atoms with Gasteiger partial charge in [-0.1, -0.05) is 27.2 Å². The Bertz CT molecular complexity index is 352. The van der Waals surface area contributed by atoms with Gasteiger partial charge in [-0.2, -0.15) is 0 Å². The number of nitrogens with zero attached hydrogens (tertiary/aromatic N) is 2. The summed E-state index contributed by atoms with van der Waals surface area (Å²) in [4.78, 5) is 7.41. The molecule has 0 bridgehead atoms. The molecule has 5 nitrogen and oxygen atoms in total. The third-order valence-electron chi connectivity index (χ3n) is 4.95. The number of likely N-dealkylation sites (tertiary alicyclic amines) is 1. The highest BCUT2D eigenvalue weighted by atomic mass is 16.3. The molecular weight excluding hydrogens is 312 g/mol. The minimum Gasteiger partial charge on any atom is -0.396 e. The monoisotopic (exact) mass is 354 g/mol. The van der Waals surface area contributed by atoms with E-state index in [1.54, 1.807) is 0 Å². The lowest BCUT2D eigenvalue weighted by Gasteiger charge is -2.33. The van der Waals surface area contributed by atoms with Crippen LogP contribution in [0.15, 0.2) is 4.99 Å². The number of aliphatic hydroxyl groups excluding tert-OH is 1. The van der Waals surface area contributed by atoms with Crippen LogP contribution in [0.1, 0.15) is 66.2 Å². The molecule has 1 aliphatic heterocycles. The maximum Gasteiger partial charge on any atom is 0.191 e. The molecule has 1 rings (SSSR count). The number of hydrogen-bond donors (Lipinski definition) is 3. The fourth-order valence-electron chi connectivity index (χ4n) is 3.55. The molecule has 0 amide bonds. The first-order chi connectivity index (χ1) is 12.1. The normalized spacial score (nSPS) is 18.6. The predicted molar refractivity (Wildman–Crippen MR) is 108 cm³/mol. The average Bonchev–Trinajstić information content (AvgIpc) is 2.59. The van der Waals surface area contributed by atoms with Crippen LogP contribution in [0, 0.1) is 11.8 Å². The molecule has 25 heavy (non-hydrogen) atoms. The van der Waals surface area contributed by atoms with Gasteiger partial charge in [-0.25, -0.2) is 0 Å². The molecule has 0 saturated carbocycles. The van der Waals surface area contributed by atoms with Crippen molar-refractivity contribution in [1.29, 1.82) is 0 Å². The molecule has 0 aromatic heterocycles. The van der Waals surface area contributed by atoms with Gasteiger partial charge in [0.05, 0.1) is 0 Å². The lowest BCUT2D eigenvalue weighted by molar-refractivity contribution is 0.203. The second-order valence-electron chi connectivity index (χ2n) is 7.84. The molecule has 1 aliphatic rings. The van der Waals surface area contributed by atoms with Crippen LogP contribution in [0.25, 0.3) is 0 Å². The zero-order chi connectivity index (χ0) is 18.5. The molecule has 1 atom stereocenters. The van der Waals surface area contributed by atoms with Crippen LogP contribution in [0.2, 0.25) is 0 Å². The third-order valence-corrected chi connectivity index (χ3v) is 4.95. The summed E-state index contributed by atoms with van der Waals surface area (Å²) in [6, 6.07) is 0.525. The second-order valence-corrected chi connectivity index (χ2v) is 7.84. The highest BCUT2D eigenvalue weighted by Gasteiger charge is 2.19. The van der Waals surface area contributed by atoms with Crippen LogP contribution in [0.5, 0.6) is 0 Å². The molecule has 0 radical (unpaired) electrons. The van der Waals surface area contributed by atoms with Crippen molar-refractivity contribution in [2.45, 2.75) is 72.3 Å². The van der Waals surface area contributed by atoms with Crippen molar-refractivity contribution in [1.82, 2.24) is 15.5 Å². The quantitative estimate of drug-likeness (QED) is 0.394. The Morgan fingerprint density at radius 3 is 2.52 bits per heavy atom. The molecule has 1 fully saturated rings. The number of piperidine rings is 1. The minimum atomic E-state index is 0.257. The standard InChI is InChI=1S/C20H42N4O/c1-5-7-11-24-12-8-19(9-13-24)23-20(21-6-2)22-16-18(10-14-25)15-17(3)4/h17-19,25H,5-16H2,1-4H3,(H2,21,22,23). The summed E-state index contributed by atoms with van der Waals surface area (Å²) >= 11 is 0. The predicted octanol–water partition coefficient (Wildman–Crippen LogP) is 2.85. The maximum atomic E-state index is 9.28. The Hall–Kier alpha value is -0.810. The van der Waals surface area contributed by atoms with Crippen molar-refractivity contribution >= 4 is 5.96 Å². The van der Waals surface area contributed by atoms with Crippen molar-refractivity contribution in [3.8, 4) is 0 Å². The van der Waals surface area contributed by atoms with Gasteiger partial charge in [0.25, 0.3) is 0 Å². The lowest BCUT2D eigenvalue weighted by atomic mass is 9.94. The molecular formula is C20H42N4O. The number of rotatable bonds is 11. The molecule has 0 aliphatic carbocycles. The Labute approximate surface area is 155 Å². The van der Waals surface area contributed by atoms with Crippen LogP contribution < -0.4 is 10.6 Å². The summed E-state index contributed by atoms with van der Waals surface area (Å²) in [5.41, 5.74) is 0. The number of unbranched alkanes of at least 4 members (excludes halogenated alkanes) is 1. The van der Waals surface area contributed by atoms with E-state index in [1.807, 2.05) is 0 Å². The van der Waals surface area contributed by atoms with Crippen LogP contribution in [0.3, 0.4) is 0 Å². The van der Waals surface area contributed by atoms with E-state index in [4.69, 9.17) is 4.99 Å². The van der Waals surface area contributed by atoms with E-state index in [0.717, 1.165) is 31.9 Å². The molecule has 0 aromatic rings. The minimum absolute atomic E-state index is 0.257. The molecule has 0 spiro atoms. The molecule has 148 valence electrons. The Kier molecular flexibility index (Phi) is 11.9. The first-order valence-corrected chi connectivity index (χ1v) is 10.5. The molecule has 1 unspecified atom stereocenters. The maximum absolute atomic E-state index is 9.28. The van der Waals surface area contributed by atoms with Crippen molar-refractivity contribution in [3.05, 3.63) is 0 Å². The van der Waals surface area contributed by atoms with Crippen LogP contribution >= 0.6 is 0 Å². The second kappa shape index (κ2) is 13.4. The van der Waals surface area contributed by atoms with Gasteiger partial charge < -0.3 is 20.6 Å². The molecule has 3 N–H and O–H groups in total. The Balaban J connectivity index is 2.47. The number of nitrogens with one attached hydrogen (secondary N) is 2. The van der Waals surface area contributed by atoms with Crippen molar-refractivity contribution in [3.63, 3.8) is 0 Å². The van der Waals surface area contributed by atoms with Crippen LogP contribution in [-0.4, -0.2) is 61.3 Å². The fraction of sp³-hybridized carbons (Fsp3) is 0.950. The molecule has 5 heteroatoms. The van der Waals surface area contributed by atoms with E-state index in [9.17, 15) is 5.11 Å². The topological polar surface area (TPSA) is 59.9 Å². The van der Waals surface area contributed by atoms with Gasteiger partial charge in [0.15, 0.2) is 5.96 Å². The molecule has 1 heterocycles. The number of aliphatic hydroxyl groups is 1. The van der Waals surface area contributed by atoms with E-state index in [2.05, 4.69) is 43.2 Å². The SMILES string of the molecule is CCCCN1CCC(NC(=NCC(CCO)CC(C)C)NCC)CC1. The van der Waals surface area contributed by atoms with Gasteiger partial charge in [0.2, 0.25) is 0 Å². The lowest BCUT2D eigenvalue weighted by Crippen LogP contribution is -2.49. The first kappa shape index (κ1) is 22.2. The highest BCUT2D eigenvalue weighted by Crippen LogP contribution is 2.16. The summed E-state index contributed by atoms with van der Waals surface area (Å²) in [6.45, 7) is 14.4. The van der Waals surface area contributed by atoms with E-state index in [0.29, 0.717) is 17.9 Å². The molecule has 1 saturated heterocycles. The fourth-order valence-corrected chi connectivity index (χ4v) is 3.55. The Morgan fingerprint density at radius 1 is 1.24 bits per heavy atom. The van der Waals surface area contributed by atoms with Gasteiger partial charge >= 0.3 is 0 Å². The van der Waals surface area contributed by atoms with Gasteiger partial charge in [-0.05, 0) is 57.4 Å². The van der Waals surface area contributed by atoms with E-state index in [1.165, 1.54) is 45.3 Å². The summed E-state index contributed by atoms with van der Waals surface area (Å²) in [6.07, 6.45) is 6.95. The van der Waals surface area contributed by atoms with Crippen molar-refractivity contribution < 1.29 is 5.11 Å². The number of aliphatic imine (C=N–C) groups is 1. The van der Waals surface area contributed by atoms with Crippen molar-refractivity contribution in [2.24, 2.45) is 16.8 Å². The Morgan fingerprint density at radius 2 is 1.96 bits per heavy atom. The number of hydrogen-bond acceptors (Lipinski definition) is 3. The van der Waals surface area contributed by atoms with Gasteiger partial charge in [0, 0.05) is 38.8 Å². The highest BCUT2D eigenvalue weighted by molar-refractivity contribution is 5.80. The largest absolute Gasteiger partial charge is 0.396 e. The summed E-state index contributed by atoms with van der Waals surface area (Å²) in [5, 5.41) is 16.3. The smallest absolute Gasteiger partial charge is 0.191 e. The number of guanidine groups is 1. The van der Waals surface area contributed by atoms with Crippen LogP contribution in [-0.2, 0) is 0 Å². The zero-order valence-electron chi connectivity index (χ0n) is 17.1. The van der Waals surface area contributed by atoms with Crippen molar-refractivity contribution in [2.75, 3.05) is 39.3 Å². The summed E-state index contributed by atoms with van der Waals surface area (Å²) in [7, 11) is 0.